The molecule has 0 radical (unpaired) electrons. The van der Waals surface area contributed by atoms with Crippen molar-refractivity contribution in [2.24, 2.45) is 0 Å². The number of aromatic nitrogens is 5. The number of carbonyl (C=O) groups is 1. The van der Waals surface area contributed by atoms with Gasteiger partial charge in [-0.05, 0) is 34.5 Å². The van der Waals surface area contributed by atoms with E-state index in [1.165, 1.54) is 6.20 Å². The average molecular weight is 507 g/mol. The summed E-state index contributed by atoms with van der Waals surface area (Å²) in [6.07, 6.45) is 1.46. The first-order chi connectivity index (χ1) is 18.6. The Morgan fingerprint density at radius 3 is 2.55 bits per heavy atom. The van der Waals surface area contributed by atoms with E-state index in [4.69, 9.17) is 9.47 Å². The van der Waals surface area contributed by atoms with Crippen LogP contribution in [0.2, 0.25) is 0 Å². The maximum atomic E-state index is 13.2. The lowest BCUT2D eigenvalue weighted by Gasteiger charge is -2.10. The summed E-state index contributed by atoms with van der Waals surface area (Å²) < 4.78 is 13.6. The summed E-state index contributed by atoms with van der Waals surface area (Å²) in [6, 6.07) is 24.8. The summed E-state index contributed by atoms with van der Waals surface area (Å²) in [5.74, 6) is 0.0548. The van der Waals surface area contributed by atoms with E-state index in [1.54, 1.807) is 23.8 Å². The Morgan fingerprint density at radius 1 is 0.947 bits per heavy atom. The van der Waals surface area contributed by atoms with Crippen LogP contribution in [-0.4, -0.2) is 44.1 Å². The summed E-state index contributed by atoms with van der Waals surface area (Å²) >= 11 is 0. The van der Waals surface area contributed by atoms with E-state index in [2.05, 4.69) is 20.7 Å². The third-order valence-corrected chi connectivity index (χ3v) is 6.13. The maximum absolute atomic E-state index is 13.2. The highest BCUT2D eigenvalue weighted by molar-refractivity contribution is 5.87. The number of hydrogen-bond acceptors (Lipinski definition) is 7. The van der Waals surface area contributed by atoms with Gasteiger partial charge in [0.1, 0.15) is 11.3 Å². The number of pyridine rings is 1. The number of hydrogen-bond donors (Lipinski definition) is 1. The molecule has 10 heteroatoms. The molecule has 188 valence electrons. The van der Waals surface area contributed by atoms with Gasteiger partial charge in [0.15, 0.2) is 17.8 Å². The van der Waals surface area contributed by atoms with Crippen LogP contribution in [0.3, 0.4) is 0 Å². The first-order valence-electron chi connectivity index (χ1n) is 11.9. The normalized spacial score (nSPS) is 11.3. The second-order valence-electron chi connectivity index (χ2n) is 8.61. The monoisotopic (exact) mass is 506 g/mol. The molecule has 0 aliphatic rings. The SMILES string of the molecule is COCc1nn2c(nnc3c(=O)n(NC(=O)COc4ccc5ccccc5c4)ccc32)c1-c1ccccc1. The van der Waals surface area contributed by atoms with Crippen LogP contribution >= 0.6 is 0 Å². The molecular weight excluding hydrogens is 484 g/mol. The minimum absolute atomic E-state index is 0.0572. The lowest BCUT2D eigenvalue weighted by Crippen LogP contribution is -2.35. The van der Waals surface area contributed by atoms with Gasteiger partial charge in [0.25, 0.3) is 11.5 Å². The highest BCUT2D eigenvalue weighted by Gasteiger charge is 2.20. The van der Waals surface area contributed by atoms with Crippen molar-refractivity contribution in [2.45, 2.75) is 6.61 Å². The van der Waals surface area contributed by atoms with Crippen LogP contribution in [0.15, 0.2) is 89.9 Å². The van der Waals surface area contributed by atoms with Gasteiger partial charge < -0.3 is 9.47 Å². The molecule has 6 aromatic rings. The van der Waals surface area contributed by atoms with E-state index in [9.17, 15) is 9.59 Å². The van der Waals surface area contributed by atoms with Crippen molar-refractivity contribution in [3.63, 3.8) is 0 Å². The van der Waals surface area contributed by atoms with Gasteiger partial charge in [-0.25, -0.2) is 9.19 Å². The molecule has 38 heavy (non-hydrogen) atoms. The maximum Gasteiger partial charge on any atom is 0.299 e. The Hall–Kier alpha value is -5.09. The number of methoxy groups -OCH3 is 1. The molecule has 0 atom stereocenters. The van der Waals surface area contributed by atoms with E-state index in [-0.39, 0.29) is 18.7 Å². The smallest absolute Gasteiger partial charge is 0.299 e. The second-order valence-corrected chi connectivity index (χ2v) is 8.61. The topological polar surface area (TPSA) is 113 Å². The van der Waals surface area contributed by atoms with E-state index in [0.29, 0.717) is 22.6 Å². The van der Waals surface area contributed by atoms with Crippen LogP contribution in [0.1, 0.15) is 5.69 Å². The number of fused-ring (bicyclic) bond motifs is 4. The lowest BCUT2D eigenvalue weighted by molar-refractivity contribution is -0.119. The van der Waals surface area contributed by atoms with Gasteiger partial charge in [0, 0.05) is 13.3 Å². The number of nitrogens with one attached hydrogen (secondary N) is 1. The zero-order valence-corrected chi connectivity index (χ0v) is 20.4. The lowest BCUT2D eigenvalue weighted by atomic mass is 10.1. The van der Waals surface area contributed by atoms with E-state index in [1.807, 2.05) is 66.7 Å². The standard InChI is InChI=1S/C28H22N6O4/c1-37-16-22-25(19-8-3-2-4-9-19)27-30-29-26-23(34(27)31-22)13-14-33(28(26)36)32-24(35)17-38-21-12-11-18-7-5-6-10-20(18)15-21/h2-15H,16-17H2,1H3,(H,32,35). The molecule has 1 N–H and O–H groups in total. The number of rotatable bonds is 7. The van der Waals surface area contributed by atoms with E-state index in [0.717, 1.165) is 26.6 Å². The zero-order valence-electron chi connectivity index (χ0n) is 20.4. The minimum atomic E-state index is -0.541. The molecule has 0 aliphatic carbocycles. The number of carbonyl (C=O) groups excluding carboxylic acids is 1. The third-order valence-electron chi connectivity index (χ3n) is 6.13. The van der Waals surface area contributed by atoms with Crippen LogP contribution < -0.4 is 15.7 Å². The summed E-state index contributed by atoms with van der Waals surface area (Å²) in [5, 5.41) is 15.2. The molecule has 0 bridgehead atoms. The predicted octanol–water partition coefficient (Wildman–Crippen LogP) is 3.55. The molecular formula is C28H22N6O4. The molecule has 0 unspecified atom stereocenters. The van der Waals surface area contributed by atoms with Crippen molar-refractivity contribution >= 4 is 33.4 Å². The van der Waals surface area contributed by atoms with E-state index >= 15 is 0 Å². The quantitative estimate of drug-likeness (QED) is 0.352. The Bertz CT molecular complexity index is 1860. The van der Waals surface area contributed by atoms with Gasteiger partial charge >= 0.3 is 0 Å². The number of nitrogens with zero attached hydrogens (tertiary/aromatic N) is 5. The van der Waals surface area contributed by atoms with Crippen LogP contribution in [-0.2, 0) is 16.1 Å². The fourth-order valence-corrected chi connectivity index (χ4v) is 4.39. The molecule has 0 saturated carbocycles. The van der Waals surface area contributed by atoms with Crippen LogP contribution in [0.4, 0.5) is 0 Å². The fourth-order valence-electron chi connectivity index (χ4n) is 4.39. The Kier molecular flexibility index (Phi) is 5.98. The molecule has 3 aromatic carbocycles. The molecule has 0 spiro atoms. The van der Waals surface area contributed by atoms with Crippen LogP contribution in [0.5, 0.6) is 5.75 Å². The van der Waals surface area contributed by atoms with Gasteiger partial charge in [-0.15, -0.1) is 10.2 Å². The highest BCUT2D eigenvalue weighted by atomic mass is 16.5. The molecule has 10 nitrogen and oxygen atoms in total. The van der Waals surface area contributed by atoms with Crippen molar-refractivity contribution in [2.75, 3.05) is 19.1 Å². The third kappa shape index (κ3) is 4.22. The Labute approximate surface area is 216 Å². The van der Waals surface area contributed by atoms with Gasteiger partial charge in [0.2, 0.25) is 0 Å². The van der Waals surface area contributed by atoms with Crippen molar-refractivity contribution < 1.29 is 14.3 Å². The molecule has 6 rings (SSSR count). The summed E-state index contributed by atoms with van der Waals surface area (Å²) in [4.78, 5) is 25.7. The van der Waals surface area contributed by atoms with E-state index < -0.39 is 11.5 Å². The van der Waals surface area contributed by atoms with Crippen molar-refractivity contribution in [1.82, 2.24) is 24.5 Å². The first kappa shape index (κ1) is 23.3. The van der Waals surface area contributed by atoms with Crippen molar-refractivity contribution in [1.29, 1.82) is 0 Å². The number of benzene rings is 3. The summed E-state index contributed by atoms with van der Waals surface area (Å²) in [5.41, 5.74) is 5.38. The van der Waals surface area contributed by atoms with Crippen molar-refractivity contribution in [3.8, 4) is 16.9 Å². The molecule has 3 aromatic heterocycles. The largest absolute Gasteiger partial charge is 0.484 e. The van der Waals surface area contributed by atoms with Gasteiger partial charge in [0.05, 0.1) is 17.9 Å². The van der Waals surface area contributed by atoms with Crippen LogP contribution in [0, 0.1) is 0 Å². The summed E-state index contributed by atoms with van der Waals surface area (Å²) in [6.45, 7) is -0.00703. The predicted molar refractivity (Wildman–Crippen MR) is 143 cm³/mol. The van der Waals surface area contributed by atoms with Crippen LogP contribution in [0.25, 0.3) is 38.6 Å². The molecule has 0 aliphatic heterocycles. The second kappa shape index (κ2) is 9.75. The summed E-state index contributed by atoms with van der Waals surface area (Å²) in [7, 11) is 1.59. The zero-order chi connectivity index (χ0) is 26.1. The Morgan fingerprint density at radius 2 is 1.74 bits per heavy atom. The van der Waals surface area contributed by atoms with Gasteiger partial charge in [-0.3, -0.25) is 15.0 Å². The molecule has 3 heterocycles. The number of amides is 1. The minimum Gasteiger partial charge on any atom is -0.484 e. The van der Waals surface area contributed by atoms with Gasteiger partial charge in [-0.1, -0.05) is 60.7 Å². The molecule has 0 fully saturated rings. The Balaban J connectivity index is 1.28. The molecule has 0 saturated heterocycles. The highest BCUT2D eigenvalue weighted by Crippen LogP contribution is 2.28. The molecule has 1 amide bonds. The first-order valence-corrected chi connectivity index (χ1v) is 11.9. The average Bonchev–Trinajstić information content (AvgIpc) is 3.32. The number of ether oxygens (including phenoxy) is 2. The van der Waals surface area contributed by atoms with Gasteiger partial charge in [-0.2, -0.15) is 5.10 Å². The fraction of sp³-hybridized carbons (Fsp3) is 0.107. The van der Waals surface area contributed by atoms with Crippen molar-refractivity contribution in [3.05, 3.63) is 101 Å².